The normalized spacial score (nSPS) is 20.4. The molecular formula is C33H46N4O7S. The van der Waals surface area contributed by atoms with Crippen molar-refractivity contribution in [3.63, 3.8) is 0 Å². The van der Waals surface area contributed by atoms with E-state index in [4.69, 9.17) is 14.2 Å². The summed E-state index contributed by atoms with van der Waals surface area (Å²) in [5, 5.41) is 6.08. The van der Waals surface area contributed by atoms with Gasteiger partial charge >= 0.3 is 0 Å². The van der Waals surface area contributed by atoms with Crippen molar-refractivity contribution in [3.8, 4) is 11.5 Å². The van der Waals surface area contributed by atoms with Crippen LogP contribution in [0.1, 0.15) is 54.4 Å². The van der Waals surface area contributed by atoms with E-state index in [0.717, 1.165) is 63.8 Å². The molecule has 11 nitrogen and oxygen atoms in total. The number of methoxy groups -OCH3 is 1. The second-order valence-electron chi connectivity index (χ2n) is 12.0. The number of para-hydroxylation sites is 1. The Bertz CT molecular complexity index is 1420. The van der Waals surface area contributed by atoms with Gasteiger partial charge in [0.05, 0.1) is 42.7 Å². The van der Waals surface area contributed by atoms with Crippen LogP contribution in [0.3, 0.4) is 0 Å². The summed E-state index contributed by atoms with van der Waals surface area (Å²) in [4.78, 5) is 29.0. The summed E-state index contributed by atoms with van der Waals surface area (Å²) in [6.45, 7) is 4.70. The molecule has 0 bridgehead atoms. The van der Waals surface area contributed by atoms with Crippen molar-refractivity contribution in [2.75, 3.05) is 72.7 Å². The lowest BCUT2D eigenvalue weighted by molar-refractivity contribution is -0.134. The highest BCUT2D eigenvalue weighted by Crippen LogP contribution is 2.37. The number of hydrogen-bond donors (Lipinski definition) is 2. The highest BCUT2D eigenvalue weighted by atomic mass is 32.2. The topological polar surface area (TPSA) is 127 Å². The van der Waals surface area contributed by atoms with E-state index < -0.39 is 15.9 Å². The molecule has 246 valence electrons. The number of piperidine rings is 1. The van der Waals surface area contributed by atoms with E-state index in [1.54, 1.807) is 0 Å². The van der Waals surface area contributed by atoms with Gasteiger partial charge in [0.2, 0.25) is 15.9 Å². The maximum absolute atomic E-state index is 13.5. The fraction of sp³-hybridized carbons (Fsp3) is 0.576. The van der Waals surface area contributed by atoms with Gasteiger partial charge in [0.25, 0.3) is 5.91 Å². The van der Waals surface area contributed by atoms with E-state index in [9.17, 15) is 18.0 Å². The average molecular weight is 643 g/mol. The van der Waals surface area contributed by atoms with Gasteiger partial charge in [-0.25, -0.2) is 8.42 Å². The molecule has 45 heavy (non-hydrogen) atoms. The predicted molar refractivity (Wildman–Crippen MR) is 170 cm³/mol. The van der Waals surface area contributed by atoms with Crippen LogP contribution in [0.4, 0.5) is 0 Å². The smallest absolute Gasteiger partial charge is 0.255 e. The molecule has 0 unspecified atom stereocenters. The molecule has 1 spiro atoms. The summed E-state index contributed by atoms with van der Waals surface area (Å²) < 4.78 is 44.4. The lowest BCUT2D eigenvalue weighted by atomic mass is 9.73. The zero-order valence-electron chi connectivity index (χ0n) is 26.2. The van der Waals surface area contributed by atoms with E-state index in [1.807, 2.05) is 18.2 Å². The number of fused-ring (bicyclic) bond motifs is 1. The van der Waals surface area contributed by atoms with Gasteiger partial charge in [-0.1, -0.05) is 31.0 Å². The number of likely N-dealkylation sites (tertiary alicyclic amines) is 1. The van der Waals surface area contributed by atoms with Gasteiger partial charge in [-0.2, -0.15) is 4.31 Å². The Morgan fingerprint density at radius 2 is 1.78 bits per heavy atom. The highest BCUT2D eigenvalue weighted by Gasteiger charge is 2.40. The molecule has 3 heterocycles. The summed E-state index contributed by atoms with van der Waals surface area (Å²) in [5.41, 5.74) is 1.01. The van der Waals surface area contributed by atoms with Crippen LogP contribution >= 0.6 is 0 Å². The number of ether oxygens (including phenoxy) is 3. The fourth-order valence-electron chi connectivity index (χ4n) is 6.50. The number of nitrogens with one attached hydrogen (secondary N) is 2. The van der Waals surface area contributed by atoms with E-state index in [-0.39, 0.29) is 34.9 Å². The van der Waals surface area contributed by atoms with Crippen molar-refractivity contribution in [3.05, 3.63) is 53.6 Å². The van der Waals surface area contributed by atoms with Crippen molar-refractivity contribution in [1.29, 1.82) is 0 Å². The molecule has 0 saturated carbocycles. The number of carbonyl (C=O) groups is 2. The number of aryl methyl sites for hydroxylation is 1. The molecule has 2 N–H and O–H groups in total. The predicted octanol–water partition coefficient (Wildman–Crippen LogP) is 2.84. The number of carbonyl (C=O) groups excluding carboxylic acids is 2. The van der Waals surface area contributed by atoms with Crippen molar-refractivity contribution in [2.45, 2.75) is 49.8 Å². The standard InChI is InChI=1S/C33H46N4O7S/c1-42-30-11-10-27(45(40,41)37-20-23-43-24-21-37)25-28(30)31(38)34-15-19-36-17-13-33(14-18-36)12-6-2-3-7-26-8-4-5-9-29(26)44-22-16-35-32(33)39/h4-5,8-11,25H,2-3,6-7,12-24H2,1H3,(H,34,38)(H,35,39). The minimum Gasteiger partial charge on any atom is -0.496 e. The Morgan fingerprint density at radius 3 is 2.56 bits per heavy atom. The van der Waals surface area contributed by atoms with E-state index in [2.05, 4.69) is 21.6 Å². The summed E-state index contributed by atoms with van der Waals surface area (Å²) >= 11 is 0. The molecule has 2 aromatic rings. The lowest BCUT2D eigenvalue weighted by Gasteiger charge is -2.41. The Kier molecular flexibility index (Phi) is 11.4. The summed E-state index contributed by atoms with van der Waals surface area (Å²) in [6, 6.07) is 12.5. The number of rotatable bonds is 7. The number of amides is 2. The van der Waals surface area contributed by atoms with Gasteiger partial charge in [-0.3, -0.25) is 9.59 Å². The highest BCUT2D eigenvalue weighted by molar-refractivity contribution is 7.89. The molecule has 2 aromatic carbocycles. The molecule has 0 aromatic heterocycles. The monoisotopic (exact) mass is 642 g/mol. The van der Waals surface area contributed by atoms with Crippen molar-refractivity contribution in [2.24, 2.45) is 5.41 Å². The largest absolute Gasteiger partial charge is 0.496 e. The first-order valence-electron chi connectivity index (χ1n) is 16.1. The second-order valence-corrected chi connectivity index (χ2v) is 14.0. The SMILES string of the molecule is COc1ccc(S(=O)(=O)N2CCOCC2)cc1C(=O)NCCN1CCC2(CCCCCc3ccccc3OCCNC2=O)CC1. The molecule has 2 amide bonds. The molecule has 5 rings (SSSR count). The van der Waals surface area contributed by atoms with Crippen molar-refractivity contribution < 1.29 is 32.2 Å². The lowest BCUT2D eigenvalue weighted by Crippen LogP contribution is -2.50. The third kappa shape index (κ3) is 8.16. The quantitative estimate of drug-likeness (QED) is 0.473. The minimum absolute atomic E-state index is 0.0544. The van der Waals surface area contributed by atoms with E-state index in [0.29, 0.717) is 45.2 Å². The van der Waals surface area contributed by atoms with E-state index >= 15 is 0 Å². The first-order chi connectivity index (χ1) is 21.8. The molecule has 0 aliphatic carbocycles. The molecule has 3 aliphatic rings. The van der Waals surface area contributed by atoms with Gasteiger partial charge in [0.15, 0.2) is 0 Å². The zero-order valence-corrected chi connectivity index (χ0v) is 27.0. The number of sulfonamides is 1. The number of nitrogens with zero attached hydrogens (tertiary/aromatic N) is 2. The van der Waals surface area contributed by atoms with Gasteiger partial charge in [0, 0.05) is 26.2 Å². The fourth-order valence-corrected chi connectivity index (χ4v) is 7.93. The minimum atomic E-state index is -3.76. The van der Waals surface area contributed by atoms with Crippen LogP contribution in [0.25, 0.3) is 0 Å². The molecule has 12 heteroatoms. The molecule has 3 aliphatic heterocycles. The second kappa shape index (κ2) is 15.4. The first-order valence-corrected chi connectivity index (χ1v) is 17.5. The maximum atomic E-state index is 13.5. The molecule has 0 atom stereocenters. The van der Waals surface area contributed by atoms with Crippen molar-refractivity contribution in [1.82, 2.24) is 19.8 Å². The Balaban J connectivity index is 1.14. The van der Waals surface area contributed by atoms with Crippen LogP contribution in [0.2, 0.25) is 0 Å². The number of morpholine rings is 1. The van der Waals surface area contributed by atoms with Gasteiger partial charge in [0.1, 0.15) is 18.1 Å². The Morgan fingerprint density at radius 1 is 1.00 bits per heavy atom. The maximum Gasteiger partial charge on any atom is 0.255 e. The van der Waals surface area contributed by atoms with Crippen LogP contribution in [0.5, 0.6) is 11.5 Å². The Labute approximate surface area is 266 Å². The third-order valence-electron chi connectivity index (χ3n) is 9.25. The van der Waals surface area contributed by atoms with Crippen LogP contribution < -0.4 is 20.1 Å². The third-order valence-corrected chi connectivity index (χ3v) is 11.1. The van der Waals surface area contributed by atoms with Gasteiger partial charge in [-0.05, 0) is 75.0 Å². The van der Waals surface area contributed by atoms with Crippen LogP contribution in [0.15, 0.2) is 47.4 Å². The number of hydrogen-bond acceptors (Lipinski definition) is 8. The van der Waals surface area contributed by atoms with Crippen LogP contribution in [-0.4, -0.2) is 102 Å². The Hall–Kier alpha value is -3.19. The van der Waals surface area contributed by atoms with Gasteiger partial charge in [-0.15, -0.1) is 0 Å². The van der Waals surface area contributed by atoms with Crippen molar-refractivity contribution >= 4 is 21.8 Å². The molecular weight excluding hydrogens is 596 g/mol. The van der Waals surface area contributed by atoms with Crippen LogP contribution in [-0.2, 0) is 26.0 Å². The summed E-state index contributed by atoms with van der Waals surface area (Å²) in [6.07, 6.45) is 6.52. The molecule has 0 radical (unpaired) electrons. The first kappa shape index (κ1) is 33.2. The van der Waals surface area contributed by atoms with Gasteiger partial charge < -0.3 is 29.7 Å². The summed E-state index contributed by atoms with van der Waals surface area (Å²) in [7, 11) is -2.30. The zero-order chi connectivity index (χ0) is 31.7. The van der Waals surface area contributed by atoms with E-state index in [1.165, 1.54) is 35.2 Å². The van der Waals surface area contributed by atoms with Crippen LogP contribution in [0, 0.1) is 5.41 Å². The molecule has 2 saturated heterocycles. The molecule has 2 fully saturated rings. The number of benzene rings is 2. The average Bonchev–Trinajstić information content (AvgIpc) is 3.08. The summed E-state index contributed by atoms with van der Waals surface area (Å²) in [5.74, 6) is 0.945.